The molecule has 1 fully saturated rings. The van der Waals surface area contributed by atoms with Crippen LogP contribution in [0.15, 0.2) is 34.9 Å². The number of aliphatic hydroxyl groups is 1. The molecule has 6 nitrogen and oxygen atoms in total. The fourth-order valence-corrected chi connectivity index (χ4v) is 2.61. The number of aromatic nitrogens is 2. The van der Waals surface area contributed by atoms with Crippen LogP contribution in [-0.2, 0) is 4.79 Å². The van der Waals surface area contributed by atoms with Crippen LogP contribution in [0.1, 0.15) is 12.0 Å². The van der Waals surface area contributed by atoms with Gasteiger partial charge in [0.1, 0.15) is 11.6 Å². The first-order valence-corrected chi connectivity index (χ1v) is 7.12. The van der Waals surface area contributed by atoms with Crippen molar-refractivity contribution in [2.75, 3.05) is 11.4 Å². The molecule has 106 valence electrons. The van der Waals surface area contributed by atoms with Crippen LogP contribution in [0.4, 0.5) is 5.82 Å². The molecule has 0 spiro atoms. The molecule has 1 atom stereocenters. The zero-order valence-corrected chi connectivity index (χ0v) is 12.5. The molecule has 0 saturated carbocycles. The van der Waals surface area contributed by atoms with E-state index < -0.39 is 6.10 Å². The van der Waals surface area contributed by atoms with Gasteiger partial charge in [-0.3, -0.25) is 9.69 Å². The lowest BCUT2D eigenvalue weighted by molar-refractivity contribution is -0.117. The van der Waals surface area contributed by atoms with Crippen LogP contribution in [0.3, 0.4) is 0 Å². The van der Waals surface area contributed by atoms with Gasteiger partial charge in [-0.05, 0) is 24.3 Å². The van der Waals surface area contributed by atoms with E-state index in [4.69, 9.17) is 0 Å². The summed E-state index contributed by atoms with van der Waals surface area (Å²) in [5.74, 6) is 0.194. The average Bonchev–Trinajstić information content (AvgIpc) is 3.02. The summed E-state index contributed by atoms with van der Waals surface area (Å²) < 4.78 is 2.47. The van der Waals surface area contributed by atoms with E-state index >= 15 is 0 Å². The summed E-state index contributed by atoms with van der Waals surface area (Å²) in [4.78, 5) is 13.4. The van der Waals surface area contributed by atoms with E-state index in [0.29, 0.717) is 11.4 Å². The number of nitrogens with zero attached hydrogens (tertiary/aromatic N) is 4. The molecular formula is C14H11BrN4O2. The van der Waals surface area contributed by atoms with Crippen LogP contribution in [0.5, 0.6) is 0 Å². The Kier molecular flexibility index (Phi) is 3.49. The third-order valence-electron chi connectivity index (χ3n) is 3.30. The molecule has 2 aromatic rings. The number of hydrogen-bond acceptors (Lipinski definition) is 4. The van der Waals surface area contributed by atoms with Crippen molar-refractivity contribution in [3.63, 3.8) is 0 Å². The van der Waals surface area contributed by atoms with Gasteiger partial charge in [0.25, 0.3) is 0 Å². The number of rotatable bonds is 2. The third-order valence-corrected chi connectivity index (χ3v) is 3.82. The second-order valence-electron chi connectivity index (χ2n) is 4.74. The van der Waals surface area contributed by atoms with Crippen LogP contribution in [-0.4, -0.2) is 33.4 Å². The molecule has 0 bridgehead atoms. The van der Waals surface area contributed by atoms with Gasteiger partial charge in [-0.2, -0.15) is 10.4 Å². The van der Waals surface area contributed by atoms with Crippen molar-refractivity contribution in [1.82, 2.24) is 9.78 Å². The lowest BCUT2D eigenvalue weighted by Gasteiger charge is -2.18. The Hall–Kier alpha value is -2.17. The van der Waals surface area contributed by atoms with E-state index in [1.54, 1.807) is 4.68 Å². The number of amides is 1. The average molecular weight is 347 g/mol. The van der Waals surface area contributed by atoms with Gasteiger partial charge < -0.3 is 5.11 Å². The van der Waals surface area contributed by atoms with Crippen LogP contribution in [0.2, 0.25) is 0 Å². The summed E-state index contributed by atoms with van der Waals surface area (Å²) in [5.41, 5.74) is 1.05. The van der Waals surface area contributed by atoms with Crippen molar-refractivity contribution in [1.29, 1.82) is 5.26 Å². The number of carbonyl (C=O) groups is 1. The molecule has 1 N–H and O–H groups in total. The first kappa shape index (κ1) is 13.8. The van der Waals surface area contributed by atoms with Crippen LogP contribution in [0, 0.1) is 11.3 Å². The molecule has 1 aliphatic heterocycles. The van der Waals surface area contributed by atoms with Gasteiger partial charge in [0.2, 0.25) is 5.91 Å². The van der Waals surface area contributed by atoms with Crippen molar-refractivity contribution in [3.8, 4) is 11.8 Å². The topological polar surface area (TPSA) is 82.2 Å². The maximum absolute atomic E-state index is 12.0. The summed E-state index contributed by atoms with van der Waals surface area (Å²) in [5, 5.41) is 23.1. The Morgan fingerprint density at radius 2 is 2.10 bits per heavy atom. The van der Waals surface area contributed by atoms with Gasteiger partial charge in [-0.25, -0.2) is 4.68 Å². The molecule has 3 rings (SSSR count). The van der Waals surface area contributed by atoms with E-state index in [1.165, 1.54) is 11.1 Å². The number of anilines is 1. The lowest BCUT2D eigenvalue weighted by Crippen LogP contribution is -2.28. The molecule has 1 saturated heterocycles. The van der Waals surface area contributed by atoms with Crippen molar-refractivity contribution >= 4 is 27.7 Å². The fraction of sp³-hybridized carbons (Fsp3) is 0.214. The number of nitriles is 1. The first-order chi connectivity index (χ1) is 10.1. The normalized spacial score (nSPS) is 18.0. The monoisotopic (exact) mass is 346 g/mol. The SMILES string of the molecule is N#Cc1cnn(-c2ccc(Br)cc2)c1N1CC(O)CC1=O. The molecule has 0 aliphatic carbocycles. The van der Waals surface area contributed by atoms with Gasteiger partial charge >= 0.3 is 0 Å². The number of hydrogen-bond donors (Lipinski definition) is 1. The van der Waals surface area contributed by atoms with Gasteiger partial charge in [-0.1, -0.05) is 15.9 Å². The molecule has 2 heterocycles. The Labute approximate surface area is 129 Å². The molecule has 1 aliphatic rings. The predicted octanol–water partition coefficient (Wildman–Crippen LogP) is 1.60. The summed E-state index contributed by atoms with van der Waals surface area (Å²) in [7, 11) is 0. The van der Waals surface area contributed by atoms with Gasteiger partial charge in [0, 0.05) is 4.47 Å². The fourth-order valence-electron chi connectivity index (χ4n) is 2.35. The molecular weight excluding hydrogens is 336 g/mol. The largest absolute Gasteiger partial charge is 0.391 e. The predicted molar refractivity (Wildman–Crippen MR) is 79.0 cm³/mol. The Bertz CT molecular complexity index is 732. The minimum absolute atomic E-state index is 0.0659. The Balaban J connectivity index is 2.11. The summed E-state index contributed by atoms with van der Waals surface area (Å²) >= 11 is 3.36. The number of aliphatic hydroxyl groups excluding tert-OH is 1. The van der Waals surface area contributed by atoms with Gasteiger partial charge in [0.05, 0.1) is 31.0 Å². The highest BCUT2D eigenvalue weighted by Crippen LogP contribution is 2.28. The maximum Gasteiger partial charge on any atom is 0.230 e. The van der Waals surface area contributed by atoms with E-state index in [9.17, 15) is 15.2 Å². The number of halogens is 1. The van der Waals surface area contributed by atoms with E-state index in [0.717, 1.165) is 10.2 Å². The zero-order valence-electron chi connectivity index (χ0n) is 10.9. The molecule has 1 aromatic heterocycles. The summed E-state index contributed by atoms with van der Waals surface area (Å²) in [6, 6.07) is 9.41. The van der Waals surface area contributed by atoms with Crippen LogP contribution >= 0.6 is 15.9 Å². The van der Waals surface area contributed by atoms with Crippen LogP contribution in [0.25, 0.3) is 5.69 Å². The standard InChI is InChI=1S/C14H11BrN4O2/c15-10-1-3-11(4-2-10)19-14(9(6-16)7-17-19)18-8-12(20)5-13(18)21/h1-4,7,12,20H,5,8H2. The van der Waals surface area contributed by atoms with Gasteiger partial charge in [-0.15, -0.1) is 0 Å². The molecule has 1 aromatic carbocycles. The van der Waals surface area contributed by atoms with E-state index in [-0.39, 0.29) is 18.9 Å². The zero-order chi connectivity index (χ0) is 15.0. The van der Waals surface area contributed by atoms with Crippen molar-refractivity contribution in [2.24, 2.45) is 0 Å². The molecule has 1 amide bonds. The minimum Gasteiger partial charge on any atom is -0.391 e. The van der Waals surface area contributed by atoms with E-state index in [2.05, 4.69) is 21.0 Å². The Morgan fingerprint density at radius 3 is 2.67 bits per heavy atom. The Morgan fingerprint density at radius 1 is 1.38 bits per heavy atom. The number of β-amino-alcohol motifs (C(OH)–C–C–N with tert-alkyl or cyclic N) is 1. The molecule has 0 radical (unpaired) electrons. The molecule has 21 heavy (non-hydrogen) atoms. The van der Waals surface area contributed by atoms with Crippen molar-refractivity contribution in [2.45, 2.75) is 12.5 Å². The highest BCUT2D eigenvalue weighted by atomic mass is 79.9. The van der Waals surface area contributed by atoms with Crippen molar-refractivity contribution in [3.05, 3.63) is 40.5 Å². The highest BCUT2D eigenvalue weighted by Gasteiger charge is 2.33. The third kappa shape index (κ3) is 2.44. The molecule has 7 heteroatoms. The number of benzene rings is 1. The summed E-state index contributed by atoms with van der Waals surface area (Å²) in [6.07, 6.45) is 0.781. The quantitative estimate of drug-likeness (QED) is 0.895. The lowest BCUT2D eigenvalue weighted by atomic mass is 10.3. The van der Waals surface area contributed by atoms with Crippen molar-refractivity contribution < 1.29 is 9.90 Å². The highest BCUT2D eigenvalue weighted by molar-refractivity contribution is 9.10. The first-order valence-electron chi connectivity index (χ1n) is 6.32. The summed E-state index contributed by atoms with van der Waals surface area (Å²) in [6.45, 7) is 0.176. The maximum atomic E-state index is 12.0. The van der Waals surface area contributed by atoms with Crippen LogP contribution < -0.4 is 4.90 Å². The second-order valence-corrected chi connectivity index (χ2v) is 5.66. The number of carbonyl (C=O) groups excluding carboxylic acids is 1. The minimum atomic E-state index is -0.711. The van der Waals surface area contributed by atoms with Gasteiger partial charge in [0.15, 0.2) is 5.82 Å². The molecule has 1 unspecified atom stereocenters. The smallest absolute Gasteiger partial charge is 0.230 e. The van der Waals surface area contributed by atoms with E-state index in [1.807, 2.05) is 30.3 Å². The second kappa shape index (κ2) is 5.31.